The van der Waals surface area contributed by atoms with E-state index in [0.29, 0.717) is 5.28 Å². The Morgan fingerprint density at radius 1 is 1.47 bits per heavy atom. The summed E-state index contributed by atoms with van der Waals surface area (Å²) >= 11 is 7.77. The molecule has 2 aromatic heterocycles. The molecule has 3 rings (SSSR count). The number of aromatic nitrogens is 2. The van der Waals surface area contributed by atoms with Crippen molar-refractivity contribution in [3.63, 3.8) is 0 Å². The normalized spacial score (nSPS) is 21.9. The maximum Gasteiger partial charge on any atom is 0.225 e. The van der Waals surface area contributed by atoms with E-state index in [1.54, 1.807) is 11.3 Å². The van der Waals surface area contributed by atoms with E-state index in [2.05, 4.69) is 41.8 Å². The van der Waals surface area contributed by atoms with Crippen LogP contribution in [0.5, 0.6) is 0 Å². The predicted octanol–water partition coefficient (Wildman–Crippen LogP) is 4.00. The average molecular weight is 296 g/mol. The fourth-order valence-corrected chi connectivity index (χ4v) is 3.66. The van der Waals surface area contributed by atoms with Gasteiger partial charge in [-0.1, -0.05) is 13.8 Å². The average Bonchev–Trinajstić information content (AvgIpc) is 2.90. The highest BCUT2D eigenvalue weighted by Crippen LogP contribution is 2.39. The summed E-state index contributed by atoms with van der Waals surface area (Å²) in [5.74, 6) is 2.63. The van der Waals surface area contributed by atoms with Crippen LogP contribution in [0.4, 0.5) is 5.82 Å². The molecular formula is C14H18ClN3S. The van der Waals surface area contributed by atoms with E-state index >= 15 is 0 Å². The van der Waals surface area contributed by atoms with Crippen LogP contribution in [-0.4, -0.2) is 23.6 Å². The Balaban J connectivity index is 1.98. The molecule has 0 saturated heterocycles. The van der Waals surface area contributed by atoms with Gasteiger partial charge in [-0.05, 0) is 42.3 Å². The minimum atomic E-state index is 0.350. The topological polar surface area (TPSA) is 29.0 Å². The first-order valence-electron chi connectivity index (χ1n) is 6.75. The van der Waals surface area contributed by atoms with Crippen LogP contribution < -0.4 is 4.90 Å². The number of hydrogen-bond donors (Lipinski definition) is 0. The molecule has 5 heteroatoms. The van der Waals surface area contributed by atoms with Crippen molar-refractivity contribution < 1.29 is 0 Å². The van der Waals surface area contributed by atoms with Gasteiger partial charge >= 0.3 is 0 Å². The zero-order chi connectivity index (χ0) is 13.6. The van der Waals surface area contributed by atoms with E-state index in [1.807, 2.05) is 0 Å². The maximum absolute atomic E-state index is 6.06. The van der Waals surface area contributed by atoms with Crippen LogP contribution in [0.3, 0.4) is 0 Å². The van der Waals surface area contributed by atoms with E-state index in [1.165, 1.54) is 11.3 Å². The van der Waals surface area contributed by atoms with Crippen molar-refractivity contribution in [2.24, 2.45) is 11.8 Å². The first-order valence-corrected chi connectivity index (χ1v) is 7.95. The number of aryl methyl sites for hydroxylation is 1. The van der Waals surface area contributed by atoms with Crippen LogP contribution in [0.2, 0.25) is 5.28 Å². The van der Waals surface area contributed by atoms with Crippen molar-refractivity contribution in [2.45, 2.75) is 26.7 Å². The first-order chi connectivity index (χ1) is 9.08. The second-order valence-corrected chi connectivity index (χ2v) is 6.91. The molecule has 2 atom stereocenters. The molecule has 2 heterocycles. The van der Waals surface area contributed by atoms with Crippen LogP contribution >= 0.6 is 22.9 Å². The molecule has 19 heavy (non-hydrogen) atoms. The monoisotopic (exact) mass is 295 g/mol. The molecule has 0 bridgehead atoms. The molecule has 0 aliphatic heterocycles. The molecule has 0 spiro atoms. The van der Waals surface area contributed by atoms with Gasteiger partial charge in [0.2, 0.25) is 5.28 Å². The number of fused-ring (bicyclic) bond motifs is 1. The lowest BCUT2D eigenvalue weighted by atomic mass is 10.2. The van der Waals surface area contributed by atoms with Gasteiger partial charge in [0.15, 0.2) is 0 Å². The number of rotatable bonds is 4. The summed E-state index contributed by atoms with van der Waals surface area (Å²) in [6.07, 6.45) is 2.36. The SMILES string of the molecule is CCc1cc2c(N(C)CC3CC3C)nc(Cl)nc2s1. The van der Waals surface area contributed by atoms with Crippen LogP contribution in [0.1, 0.15) is 25.1 Å². The maximum atomic E-state index is 6.06. The molecule has 0 radical (unpaired) electrons. The quantitative estimate of drug-likeness (QED) is 0.798. The lowest BCUT2D eigenvalue weighted by molar-refractivity contribution is 0.721. The number of anilines is 1. The summed E-state index contributed by atoms with van der Waals surface area (Å²) in [5, 5.41) is 1.49. The highest BCUT2D eigenvalue weighted by atomic mass is 35.5. The van der Waals surface area contributed by atoms with E-state index in [4.69, 9.17) is 11.6 Å². The van der Waals surface area contributed by atoms with Crippen LogP contribution in [0.25, 0.3) is 10.2 Å². The smallest absolute Gasteiger partial charge is 0.225 e. The molecular weight excluding hydrogens is 278 g/mol. The fraction of sp³-hybridized carbons (Fsp3) is 0.571. The Morgan fingerprint density at radius 2 is 2.21 bits per heavy atom. The highest BCUT2D eigenvalue weighted by molar-refractivity contribution is 7.18. The Labute approximate surface area is 122 Å². The zero-order valence-corrected chi connectivity index (χ0v) is 13.1. The fourth-order valence-electron chi connectivity index (χ4n) is 2.49. The Hall–Kier alpha value is -0.870. The third-order valence-corrected chi connectivity index (χ3v) is 5.23. The van der Waals surface area contributed by atoms with Gasteiger partial charge in [0.1, 0.15) is 10.6 Å². The second kappa shape index (κ2) is 4.91. The van der Waals surface area contributed by atoms with E-state index in [9.17, 15) is 0 Å². The van der Waals surface area contributed by atoms with Crippen molar-refractivity contribution in [2.75, 3.05) is 18.5 Å². The van der Waals surface area contributed by atoms with Gasteiger partial charge in [-0.25, -0.2) is 4.98 Å². The second-order valence-electron chi connectivity index (χ2n) is 5.45. The summed E-state index contributed by atoms with van der Waals surface area (Å²) in [5.41, 5.74) is 0. The molecule has 0 aromatic carbocycles. The van der Waals surface area contributed by atoms with Gasteiger partial charge in [0, 0.05) is 18.5 Å². The van der Waals surface area contributed by atoms with Gasteiger partial charge in [-0.3, -0.25) is 0 Å². The third-order valence-electron chi connectivity index (χ3n) is 3.89. The standard InChI is InChI=1S/C14H18ClN3S/c1-4-10-6-11-12(16-14(15)17-13(11)19-10)18(3)7-9-5-8(9)2/h6,8-9H,4-5,7H2,1-3H3. The summed E-state index contributed by atoms with van der Waals surface area (Å²) in [4.78, 5) is 13.4. The molecule has 1 fully saturated rings. The van der Waals surface area contributed by atoms with Gasteiger partial charge in [0.25, 0.3) is 0 Å². The Kier molecular flexibility index (Phi) is 3.39. The molecule has 0 amide bonds. The van der Waals surface area contributed by atoms with Gasteiger partial charge in [-0.15, -0.1) is 11.3 Å². The predicted molar refractivity (Wildman–Crippen MR) is 82.3 cm³/mol. The minimum Gasteiger partial charge on any atom is -0.359 e. The van der Waals surface area contributed by atoms with Crippen molar-refractivity contribution in [1.82, 2.24) is 9.97 Å². The molecule has 3 nitrogen and oxygen atoms in total. The van der Waals surface area contributed by atoms with Crippen molar-refractivity contribution in [1.29, 1.82) is 0 Å². The summed E-state index contributed by atoms with van der Waals surface area (Å²) < 4.78 is 0. The number of thiophene rings is 1. The Morgan fingerprint density at radius 3 is 2.84 bits per heavy atom. The summed E-state index contributed by atoms with van der Waals surface area (Å²) in [6.45, 7) is 5.52. The highest BCUT2D eigenvalue weighted by Gasteiger charge is 2.33. The molecule has 1 aliphatic rings. The lowest BCUT2D eigenvalue weighted by Crippen LogP contribution is -2.22. The van der Waals surface area contributed by atoms with E-state index in [-0.39, 0.29) is 0 Å². The number of nitrogens with zero attached hydrogens (tertiary/aromatic N) is 3. The summed E-state index contributed by atoms with van der Waals surface area (Å²) in [7, 11) is 2.10. The molecule has 0 N–H and O–H groups in total. The zero-order valence-electron chi connectivity index (χ0n) is 11.5. The van der Waals surface area contributed by atoms with E-state index < -0.39 is 0 Å². The molecule has 2 aromatic rings. The van der Waals surface area contributed by atoms with Crippen LogP contribution in [-0.2, 0) is 6.42 Å². The number of halogens is 1. The van der Waals surface area contributed by atoms with Gasteiger partial charge in [-0.2, -0.15) is 4.98 Å². The minimum absolute atomic E-state index is 0.350. The van der Waals surface area contributed by atoms with Crippen molar-refractivity contribution in [3.05, 3.63) is 16.2 Å². The molecule has 1 aliphatic carbocycles. The Bertz CT molecular complexity index is 610. The first kappa shape index (κ1) is 13.1. The van der Waals surface area contributed by atoms with Gasteiger partial charge < -0.3 is 4.90 Å². The third kappa shape index (κ3) is 2.56. The lowest BCUT2D eigenvalue weighted by Gasteiger charge is -2.18. The van der Waals surface area contributed by atoms with Crippen molar-refractivity contribution in [3.8, 4) is 0 Å². The molecule has 1 saturated carbocycles. The number of hydrogen-bond acceptors (Lipinski definition) is 4. The largest absolute Gasteiger partial charge is 0.359 e. The van der Waals surface area contributed by atoms with E-state index in [0.717, 1.165) is 40.8 Å². The van der Waals surface area contributed by atoms with Gasteiger partial charge in [0.05, 0.1) is 5.39 Å². The van der Waals surface area contributed by atoms with Crippen LogP contribution in [0, 0.1) is 11.8 Å². The summed E-state index contributed by atoms with van der Waals surface area (Å²) in [6, 6.07) is 2.21. The molecule has 102 valence electrons. The van der Waals surface area contributed by atoms with Crippen LogP contribution in [0.15, 0.2) is 6.07 Å². The van der Waals surface area contributed by atoms with Crippen molar-refractivity contribution >= 4 is 39.0 Å². The molecule has 2 unspecified atom stereocenters.